The largest absolute Gasteiger partial charge is 0.353 e. The van der Waals surface area contributed by atoms with Gasteiger partial charge in [-0.2, -0.15) is 0 Å². The Morgan fingerprint density at radius 1 is 1.03 bits per heavy atom. The number of rotatable bonds is 6. The second kappa shape index (κ2) is 8.75. The minimum atomic E-state index is 0.0698. The summed E-state index contributed by atoms with van der Waals surface area (Å²) in [5.74, 6) is 0.186. The molecule has 7 heteroatoms. The highest BCUT2D eigenvalue weighted by molar-refractivity contribution is 6.36. The molecule has 2 aromatic carbocycles. The van der Waals surface area contributed by atoms with E-state index in [0.717, 1.165) is 57.5 Å². The highest BCUT2D eigenvalue weighted by Crippen LogP contribution is 2.39. The summed E-state index contributed by atoms with van der Waals surface area (Å²) in [5.41, 5.74) is 12.0. The predicted molar refractivity (Wildman–Crippen MR) is 134 cm³/mol. The first kappa shape index (κ1) is 21.8. The summed E-state index contributed by atoms with van der Waals surface area (Å²) in [6.07, 6.45) is 5.24. The van der Waals surface area contributed by atoms with Gasteiger partial charge in [-0.25, -0.2) is 0 Å². The average Bonchev–Trinajstić information content (AvgIpc) is 3.68. The Bertz CT molecular complexity index is 1360. The monoisotopic (exact) mass is 476 g/mol. The number of nitrogens with one attached hydrogen (secondary N) is 1. The van der Waals surface area contributed by atoms with Crippen LogP contribution < -0.4 is 11.1 Å². The van der Waals surface area contributed by atoms with Crippen molar-refractivity contribution in [1.29, 1.82) is 0 Å². The molecule has 1 saturated carbocycles. The van der Waals surface area contributed by atoms with Gasteiger partial charge in [0.05, 0.1) is 34.3 Å². The maximum atomic E-state index is 13.1. The molecule has 0 saturated heterocycles. The van der Waals surface area contributed by atoms with Crippen molar-refractivity contribution < 1.29 is 4.79 Å². The number of anilines is 2. The van der Waals surface area contributed by atoms with Gasteiger partial charge in [-0.3, -0.25) is 14.8 Å². The quantitative estimate of drug-likeness (QED) is 0.302. The number of nitrogens with two attached hydrogens (primary N) is 1. The number of ketones is 1. The molecule has 5 nitrogen and oxygen atoms in total. The summed E-state index contributed by atoms with van der Waals surface area (Å²) in [4.78, 5) is 22.0. The number of Topliss-reactive ketones (excluding diaryl/α,β-unsaturated/α-hetero) is 1. The lowest BCUT2D eigenvalue weighted by Crippen LogP contribution is -2.08. The summed E-state index contributed by atoms with van der Waals surface area (Å²) >= 11 is 12.8. The van der Waals surface area contributed by atoms with E-state index in [2.05, 4.69) is 15.3 Å². The molecule has 33 heavy (non-hydrogen) atoms. The van der Waals surface area contributed by atoms with Crippen molar-refractivity contribution in [2.24, 2.45) is 11.7 Å². The molecule has 2 aromatic heterocycles. The number of carbonyl (C=O) groups is 1. The fraction of sp³-hybridized carbons (Fsp3) is 0.192. The van der Waals surface area contributed by atoms with Gasteiger partial charge in [0.1, 0.15) is 0 Å². The Morgan fingerprint density at radius 2 is 1.79 bits per heavy atom. The lowest BCUT2D eigenvalue weighted by Gasteiger charge is -2.15. The van der Waals surface area contributed by atoms with Gasteiger partial charge in [-0.1, -0.05) is 29.3 Å². The first-order valence-electron chi connectivity index (χ1n) is 10.8. The Balaban J connectivity index is 1.67. The smallest absolute Gasteiger partial charge is 0.169 e. The summed E-state index contributed by atoms with van der Waals surface area (Å²) < 4.78 is 0. The molecule has 0 aliphatic heterocycles. The highest BCUT2D eigenvalue weighted by atomic mass is 35.5. The first-order chi connectivity index (χ1) is 15.9. The van der Waals surface area contributed by atoms with E-state index >= 15 is 0 Å². The predicted octanol–water partition coefficient (Wildman–Crippen LogP) is 6.71. The molecule has 0 bridgehead atoms. The van der Waals surface area contributed by atoms with E-state index in [-0.39, 0.29) is 11.7 Å². The summed E-state index contributed by atoms with van der Waals surface area (Å²) in [7, 11) is 0. The van der Waals surface area contributed by atoms with Gasteiger partial charge in [-0.05, 0) is 72.9 Å². The molecule has 0 unspecified atom stereocenters. The Morgan fingerprint density at radius 3 is 2.42 bits per heavy atom. The van der Waals surface area contributed by atoms with Gasteiger partial charge >= 0.3 is 0 Å². The van der Waals surface area contributed by atoms with E-state index < -0.39 is 0 Å². The number of carbonyl (C=O) groups excluding carboxylic acids is 1. The molecule has 0 radical (unpaired) electrons. The highest BCUT2D eigenvalue weighted by Gasteiger charge is 2.32. The fourth-order valence-electron chi connectivity index (χ4n) is 3.83. The molecule has 4 aromatic rings. The Labute approximate surface area is 202 Å². The molecule has 2 heterocycles. The average molecular weight is 477 g/mol. The van der Waals surface area contributed by atoms with Crippen LogP contribution in [0.1, 0.15) is 34.5 Å². The van der Waals surface area contributed by atoms with E-state index in [1.165, 1.54) is 0 Å². The molecule has 166 valence electrons. The zero-order valence-electron chi connectivity index (χ0n) is 18.0. The van der Waals surface area contributed by atoms with Crippen LogP contribution in [0.3, 0.4) is 0 Å². The second-order valence-electron chi connectivity index (χ2n) is 8.35. The number of halogens is 2. The van der Waals surface area contributed by atoms with Crippen molar-refractivity contribution in [2.45, 2.75) is 26.3 Å². The van der Waals surface area contributed by atoms with Gasteiger partial charge < -0.3 is 11.1 Å². The van der Waals surface area contributed by atoms with Crippen molar-refractivity contribution in [2.75, 3.05) is 5.32 Å². The second-order valence-corrected chi connectivity index (χ2v) is 9.16. The SMILES string of the molecule is Cc1c(Cl)cc(-c2ccc3ncc(C(=O)C4CC4)c(Nc4ccc(CN)nc4)c3c2)cc1Cl. The Kier molecular flexibility index (Phi) is 5.79. The molecular weight excluding hydrogens is 455 g/mol. The molecule has 0 atom stereocenters. The number of hydrogen-bond acceptors (Lipinski definition) is 5. The summed E-state index contributed by atoms with van der Waals surface area (Å²) in [6, 6.07) is 13.5. The van der Waals surface area contributed by atoms with Crippen molar-refractivity contribution in [3.8, 4) is 11.1 Å². The molecule has 1 fully saturated rings. The van der Waals surface area contributed by atoms with E-state index in [4.69, 9.17) is 28.9 Å². The normalized spacial score (nSPS) is 13.3. The van der Waals surface area contributed by atoms with Crippen LogP contribution in [0.5, 0.6) is 0 Å². The van der Waals surface area contributed by atoms with Crippen LogP contribution in [0.15, 0.2) is 54.9 Å². The van der Waals surface area contributed by atoms with Gasteiger partial charge in [0.25, 0.3) is 0 Å². The third-order valence-electron chi connectivity index (χ3n) is 6.00. The number of aromatic nitrogens is 2. The molecule has 1 aliphatic carbocycles. The third-order valence-corrected chi connectivity index (χ3v) is 6.78. The maximum Gasteiger partial charge on any atom is 0.169 e. The van der Waals surface area contributed by atoms with Gasteiger partial charge in [0.2, 0.25) is 0 Å². The van der Waals surface area contributed by atoms with Crippen LogP contribution >= 0.6 is 23.2 Å². The van der Waals surface area contributed by atoms with Crippen LogP contribution in [0.25, 0.3) is 22.0 Å². The Hall–Kier alpha value is -2.99. The zero-order valence-corrected chi connectivity index (χ0v) is 19.5. The molecular formula is C26H22Cl2N4O. The number of hydrogen-bond donors (Lipinski definition) is 2. The van der Waals surface area contributed by atoms with Crippen molar-refractivity contribution >= 4 is 51.3 Å². The van der Waals surface area contributed by atoms with Crippen LogP contribution in [0.2, 0.25) is 10.0 Å². The van der Waals surface area contributed by atoms with E-state index in [0.29, 0.717) is 22.2 Å². The molecule has 0 amide bonds. The number of fused-ring (bicyclic) bond motifs is 1. The van der Waals surface area contributed by atoms with Crippen molar-refractivity contribution in [3.63, 3.8) is 0 Å². The molecule has 0 spiro atoms. The standard InChI is InChI=1S/C26H22Cl2N4O/c1-14-22(27)9-17(10-23(14)28)16-4-7-24-20(8-16)25(21(13-31-24)26(33)15-2-3-15)32-19-6-5-18(11-29)30-12-19/h4-10,12-13,15H,2-3,11,29H2,1H3,(H,31,32). The van der Waals surface area contributed by atoms with Crippen LogP contribution in [-0.2, 0) is 6.54 Å². The van der Waals surface area contributed by atoms with Gasteiger partial charge in [0.15, 0.2) is 5.78 Å². The van der Waals surface area contributed by atoms with Crippen LogP contribution in [-0.4, -0.2) is 15.8 Å². The number of nitrogens with zero attached hydrogens (tertiary/aromatic N) is 2. The number of pyridine rings is 2. The minimum absolute atomic E-state index is 0.0698. The van der Waals surface area contributed by atoms with Crippen LogP contribution in [0, 0.1) is 12.8 Å². The van der Waals surface area contributed by atoms with Crippen molar-refractivity contribution in [1.82, 2.24) is 9.97 Å². The lowest BCUT2D eigenvalue weighted by atomic mass is 9.98. The van der Waals surface area contributed by atoms with E-state index in [9.17, 15) is 4.79 Å². The van der Waals surface area contributed by atoms with E-state index in [1.807, 2.05) is 49.4 Å². The molecule has 1 aliphatic rings. The minimum Gasteiger partial charge on any atom is -0.353 e. The van der Waals surface area contributed by atoms with Crippen LogP contribution in [0.4, 0.5) is 11.4 Å². The summed E-state index contributed by atoms with van der Waals surface area (Å²) in [6.45, 7) is 2.26. The molecule has 5 rings (SSSR count). The lowest BCUT2D eigenvalue weighted by molar-refractivity contribution is 0.0968. The van der Waals surface area contributed by atoms with Crippen molar-refractivity contribution in [3.05, 3.63) is 81.7 Å². The maximum absolute atomic E-state index is 13.1. The summed E-state index contributed by atoms with van der Waals surface area (Å²) in [5, 5.41) is 5.49. The topological polar surface area (TPSA) is 80.9 Å². The number of benzene rings is 2. The first-order valence-corrected chi connectivity index (χ1v) is 11.5. The molecule has 3 N–H and O–H groups in total. The zero-order chi connectivity index (χ0) is 23.1. The third kappa shape index (κ3) is 4.32. The van der Waals surface area contributed by atoms with E-state index in [1.54, 1.807) is 12.4 Å². The van der Waals surface area contributed by atoms with Gasteiger partial charge in [0, 0.05) is 34.1 Å². The van der Waals surface area contributed by atoms with Gasteiger partial charge in [-0.15, -0.1) is 0 Å². The fourth-order valence-corrected chi connectivity index (χ4v) is 4.32.